The molecule has 1 aromatic rings. The minimum Gasteiger partial charge on any atom is -0.286 e. The summed E-state index contributed by atoms with van der Waals surface area (Å²) in [6.45, 7) is 4.49. The minimum atomic E-state index is -0.337. The summed E-state index contributed by atoms with van der Waals surface area (Å²) in [7, 11) is 0. The Balaban J connectivity index is 2.54. The van der Waals surface area contributed by atoms with Crippen molar-refractivity contribution in [1.29, 1.82) is 0 Å². The molecule has 0 aliphatic carbocycles. The standard InChI is InChI=1S/C12H17NO2/c1-10(2)8-9-13(15)12(14)11-6-4-3-5-7-11/h3-7,10,15H,8-9H2,1-2H3. The Kier molecular flexibility index (Phi) is 4.31. The van der Waals surface area contributed by atoms with Gasteiger partial charge in [-0.3, -0.25) is 10.0 Å². The zero-order chi connectivity index (χ0) is 11.3. The molecule has 0 saturated carbocycles. The number of benzene rings is 1. The molecule has 0 bridgehead atoms. The van der Waals surface area contributed by atoms with Crippen molar-refractivity contribution in [1.82, 2.24) is 5.06 Å². The summed E-state index contributed by atoms with van der Waals surface area (Å²) in [6.07, 6.45) is 0.801. The van der Waals surface area contributed by atoms with Gasteiger partial charge in [0.1, 0.15) is 0 Å². The third kappa shape index (κ3) is 3.72. The summed E-state index contributed by atoms with van der Waals surface area (Å²) >= 11 is 0. The largest absolute Gasteiger partial charge is 0.286 e. The van der Waals surface area contributed by atoms with Gasteiger partial charge >= 0.3 is 0 Å². The molecule has 1 rings (SSSR count). The monoisotopic (exact) mass is 207 g/mol. The lowest BCUT2D eigenvalue weighted by molar-refractivity contribution is -0.0602. The summed E-state index contributed by atoms with van der Waals surface area (Å²) in [5.74, 6) is 0.138. The Morgan fingerprint density at radius 1 is 1.33 bits per heavy atom. The first-order chi connectivity index (χ1) is 7.11. The van der Waals surface area contributed by atoms with Gasteiger partial charge in [0.15, 0.2) is 0 Å². The van der Waals surface area contributed by atoms with E-state index in [1.165, 1.54) is 0 Å². The maximum atomic E-state index is 11.6. The summed E-state index contributed by atoms with van der Waals surface area (Å²) in [5, 5.41) is 10.3. The lowest BCUT2D eigenvalue weighted by Crippen LogP contribution is -2.29. The van der Waals surface area contributed by atoms with Gasteiger partial charge < -0.3 is 0 Å². The molecular weight excluding hydrogens is 190 g/mol. The molecule has 0 aliphatic rings. The van der Waals surface area contributed by atoms with E-state index < -0.39 is 0 Å². The lowest BCUT2D eigenvalue weighted by Gasteiger charge is -2.15. The molecule has 0 aromatic heterocycles. The second-order valence-corrected chi connectivity index (χ2v) is 3.98. The average molecular weight is 207 g/mol. The number of hydroxylamine groups is 2. The first kappa shape index (κ1) is 11.7. The second kappa shape index (κ2) is 5.51. The zero-order valence-electron chi connectivity index (χ0n) is 9.18. The van der Waals surface area contributed by atoms with Crippen LogP contribution in [0.5, 0.6) is 0 Å². The van der Waals surface area contributed by atoms with Crippen LogP contribution in [0.4, 0.5) is 0 Å². The fourth-order valence-corrected chi connectivity index (χ4v) is 1.21. The van der Waals surface area contributed by atoms with Crippen LogP contribution in [0, 0.1) is 5.92 Å². The Morgan fingerprint density at radius 2 is 1.93 bits per heavy atom. The van der Waals surface area contributed by atoms with Gasteiger partial charge in [-0.15, -0.1) is 0 Å². The molecule has 15 heavy (non-hydrogen) atoms. The van der Waals surface area contributed by atoms with Crippen molar-refractivity contribution in [2.24, 2.45) is 5.92 Å². The molecule has 1 amide bonds. The highest BCUT2D eigenvalue weighted by Crippen LogP contribution is 2.05. The molecule has 0 unspecified atom stereocenters. The minimum absolute atomic E-state index is 0.337. The quantitative estimate of drug-likeness (QED) is 0.609. The van der Waals surface area contributed by atoms with Crippen molar-refractivity contribution in [3.05, 3.63) is 35.9 Å². The highest BCUT2D eigenvalue weighted by atomic mass is 16.5. The van der Waals surface area contributed by atoms with Crippen LogP contribution in [0.2, 0.25) is 0 Å². The van der Waals surface area contributed by atoms with Crippen LogP contribution in [0.25, 0.3) is 0 Å². The predicted molar refractivity (Wildman–Crippen MR) is 58.7 cm³/mol. The van der Waals surface area contributed by atoms with Gasteiger partial charge in [0.25, 0.3) is 5.91 Å². The predicted octanol–water partition coefficient (Wildman–Crippen LogP) is 2.56. The molecule has 3 heteroatoms. The summed E-state index contributed by atoms with van der Waals surface area (Å²) < 4.78 is 0. The third-order valence-electron chi connectivity index (χ3n) is 2.17. The number of carbonyl (C=O) groups excluding carboxylic acids is 1. The van der Waals surface area contributed by atoms with Crippen molar-refractivity contribution in [3.8, 4) is 0 Å². The molecule has 1 aromatic carbocycles. The van der Waals surface area contributed by atoms with Crippen molar-refractivity contribution in [2.75, 3.05) is 6.54 Å². The number of amides is 1. The van der Waals surface area contributed by atoms with Gasteiger partial charge in [-0.2, -0.15) is 0 Å². The molecule has 0 heterocycles. The van der Waals surface area contributed by atoms with Crippen LogP contribution in [0.3, 0.4) is 0 Å². The van der Waals surface area contributed by atoms with E-state index in [1.807, 2.05) is 6.07 Å². The fraction of sp³-hybridized carbons (Fsp3) is 0.417. The number of carbonyl (C=O) groups is 1. The van der Waals surface area contributed by atoms with Gasteiger partial charge in [-0.1, -0.05) is 32.0 Å². The highest BCUT2D eigenvalue weighted by Gasteiger charge is 2.12. The van der Waals surface area contributed by atoms with E-state index in [2.05, 4.69) is 13.8 Å². The van der Waals surface area contributed by atoms with Gasteiger partial charge in [0, 0.05) is 12.1 Å². The molecule has 1 N–H and O–H groups in total. The number of nitrogens with zero attached hydrogens (tertiary/aromatic N) is 1. The summed E-state index contributed by atoms with van der Waals surface area (Å²) in [5.41, 5.74) is 0.517. The maximum Gasteiger partial charge on any atom is 0.277 e. The van der Waals surface area contributed by atoms with Crippen molar-refractivity contribution in [2.45, 2.75) is 20.3 Å². The molecule has 0 saturated heterocycles. The third-order valence-corrected chi connectivity index (χ3v) is 2.17. The van der Waals surface area contributed by atoms with Crippen LogP contribution in [-0.4, -0.2) is 22.7 Å². The van der Waals surface area contributed by atoms with E-state index in [-0.39, 0.29) is 5.91 Å². The van der Waals surface area contributed by atoms with Gasteiger partial charge in [-0.05, 0) is 24.5 Å². The van der Waals surface area contributed by atoms with E-state index in [4.69, 9.17) is 0 Å². The SMILES string of the molecule is CC(C)CCN(O)C(=O)c1ccccc1. The first-order valence-corrected chi connectivity index (χ1v) is 5.17. The Morgan fingerprint density at radius 3 is 2.47 bits per heavy atom. The molecule has 0 radical (unpaired) electrons. The lowest BCUT2D eigenvalue weighted by atomic mass is 10.1. The Labute approximate surface area is 90.3 Å². The topological polar surface area (TPSA) is 40.5 Å². The van der Waals surface area contributed by atoms with E-state index in [1.54, 1.807) is 24.3 Å². The van der Waals surface area contributed by atoms with Crippen LogP contribution < -0.4 is 0 Å². The van der Waals surface area contributed by atoms with Crippen LogP contribution in [0.15, 0.2) is 30.3 Å². The average Bonchev–Trinajstić information content (AvgIpc) is 2.26. The first-order valence-electron chi connectivity index (χ1n) is 5.17. The van der Waals surface area contributed by atoms with Gasteiger partial charge in [0.2, 0.25) is 0 Å². The maximum absolute atomic E-state index is 11.6. The molecule has 0 fully saturated rings. The van der Waals surface area contributed by atoms with E-state index in [0.29, 0.717) is 18.0 Å². The van der Waals surface area contributed by atoms with Gasteiger partial charge in [-0.25, -0.2) is 5.06 Å². The molecule has 0 spiro atoms. The Hall–Kier alpha value is -1.35. The zero-order valence-corrected chi connectivity index (χ0v) is 9.18. The second-order valence-electron chi connectivity index (χ2n) is 3.98. The smallest absolute Gasteiger partial charge is 0.277 e. The normalized spacial score (nSPS) is 10.4. The van der Waals surface area contributed by atoms with Crippen LogP contribution in [-0.2, 0) is 0 Å². The van der Waals surface area contributed by atoms with Crippen molar-refractivity contribution in [3.63, 3.8) is 0 Å². The number of hydrogen-bond acceptors (Lipinski definition) is 2. The van der Waals surface area contributed by atoms with E-state index >= 15 is 0 Å². The summed E-state index contributed by atoms with van der Waals surface area (Å²) in [6, 6.07) is 8.79. The number of hydrogen-bond donors (Lipinski definition) is 1. The van der Waals surface area contributed by atoms with Gasteiger partial charge in [0.05, 0.1) is 0 Å². The molecule has 3 nitrogen and oxygen atoms in total. The van der Waals surface area contributed by atoms with Crippen LogP contribution in [0.1, 0.15) is 30.6 Å². The van der Waals surface area contributed by atoms with E-state index in [9.17, 15) is 10.0 Å². The Bertz CT molecular complexity index is 309. The molecule has 0 aliphatic heterocycles. The van der Waals surface area contributed by atoms with Crippen molar-refractivity contribution < 1.29 is 10.0 Å². The van der Waals surface area contributed by atoms with Crippen molar-refractivity contribution >= 4 is 5.91 Å². The summed E-state index contributed by atoms with van der Waals surface area (Å²) in [4.78, 5) is 11.6. The number of rotatable bonds is 4. The highest BCUT2D eigenvalue weighted by molar-refractivity contribution is 5.93. The van der Waals surface area contributed by atoms with Crippen LogP contribution >= 0.6 is 0 Å². The molecular formula is C12H17NO2. The fourth-order valence-electron chi connectivity index (χ4n) is 1.21. The molecule has 0 atom stereocenters. The molecule has 82 valence electrons. The van der Waals surface area contributed by atoms with E-state index in [0.717, 1.165) is 11.5 Å².